The highest BCUT2D eigenvalue weighted by Crippen LogP contribution is 2.65. The summed E-state index contributed by atoms with van der Waals surface area (Å²) in [6.07, 6.45) is -4.19. The minimum Gasteiger partial charge on any atom is -0.456 e. The highest BCUT2D eigenvalue weighted by molar-refractivity contribution is 5.95. The lowest BCUT2D eigenvalue weighted by molar-refractivity contribution is -0.346. The van der Waals surface area contributed by atoms with E-state index >= 15 is 4.79 Å². The maximum Gasteiger partial charge on any atom is 0.338 e. The number of nitrogens with one attached hydrogen (secondary N) is 1. The van der Waals surface area contributed by atoms with E-state index in [1.165, 1.54) is 26.0 Å². The number of amides is 1. The number of aliphatic hydroxyl groups excluding tert-OH is 2. The van der Waals surface area contributed by atoms with Crippen LogP contribution in [0.5, 0.6) is 0 Å². The second-order valence-corrected chi connectivity index (χ2v) is 19.6. The van der Waals surface area contributed by atoms with Gasteiger partial charge in [-0.2, -0.15) is 0 Å². The molecule has 1 aliphatic heterocycles. The summed E-state index contributed by atoms with van der Waals surface area (Å²) in [5.41, 5.74) is -7.85. The second kappa shape index (κ2) is 14.7. The minimum absolute atomic E-state index is 0.0417. The van der Waals surface area contributed by atoms with Gasteiger partial charge in [0.2, 0.25) is 5.91 Å². The third-order valence-electron chi connectivity index (χ3n) is 15.7. The average molecular weight is 836 g/mol. The fourth-order valence-electron chi connectivity index (χ4n) is 13.1. The normalized spacial score (nSPS) is 41.3. The Kier molecular flexibility index (Phi) is 10.4. The van der Waals surface area contributed by atoms with Crippen molar-refractivity contribution in [3.05, 3.63) is 47.0 Å². The number of carbonyl (C=O) groups is 6. The summed E-state index contributed by atoms with van der Waals surface area (Å²) in [7, 11) is 0. The van der Waals surface area contributed by atoms with Crippen molar-refractivity contribution < 1.29 is 67.8 Å². The molecule has 10 atom stereocenters. The fourth-order valence-corrected chi connectivity index (χ4v) is 13.1. The minimum atomic E-state index is -2.33. The molecule has 1 amide bonds. The van der Waals surface area contributed by atoms with Crippen molar-refractivity contribution in [2.45, 2.75) is 141 Å². The molecule has 6 bridgehead atoms. The van der Waals surface area contributed by atoms with Gasteiger partial charge in [-0.25, -0.2) is 9.59 Å². The maximum atomic E-state index is 15.4. The lowest BCUT2D eigenvalue weighted by atomic mass is 9.44. The largest absolute Gasteiger partial charge is 0.456 e. The zero-order chi connectivity index (χ0) is 43.3. The molecule has 1 heterocycles. The van der Waals surface area contributed by atoms with E-state index in [2.05, 4.69) is 5.32 Å². The Morgan fingerprint density at radius 1 is 0.883 bits per heavy atom. The number of ether oxygens (including phenoxy) is 5. The molecule has 4 N–H and O–H groups in total. The van der Waals surface area contributed by atoms with Gasteiger partial charge in [-0.15, -0.1) is 0 Å². The third kappa shape index (κ3) is 6.43. The molecule has 1 aromatic rings. The Labute approximate surface area is 348 Å². The molecule has 7 fully saturated rings. The van der Waals surface area contributed by atoms with Crippen LogP contribution in [-0.4, -0.2) is 112 Å². The number of hydrogen-bond acceptors (Lipinski definition) is 14. The Morgan fingerprint density at radius 3 is 2.05 bits per heavy atom. The predicted molar refractivity (Wildman–Crippen MR) is 208 cm³/mol. The average Bonchev–Trinajstić information content (AvgIpc) is 3.17. The topological polar surface area (TPSA) is 221 Å². The molecule has 7 aliphatic carbocycles. The lowest BCUT2D eigenvalue weighted by Gasteiger charge is -2.67. The Bertz CT molecular complexity index is 1980. The van der Waals surface area contributed by atoms with Crippen LogP contribution in [0.15, 0.2) is 41.5 Å². The highest BCUT2D eigenvalue weighted by Gasteiger charge is 2.78. The number of esters is 4. The van der Waals surface area contributed by atoms with Gasteiger partial charge in [0.25, 0.3) is 0 Å². The van der Waals surface area contributed by atoms with E-state index in [4.69, 9.17) is 23.7 Å². The molecule has 326 valence electrons. The third-order valence-corrected chi connectivity index (χ3v) is 15.7. The molecule has 15 nitrogen and oxygen atoms in total. The van der Waals surface area contributed by atoms with Gasteiger partial charge >= 0.3 is 23.9 Å². The summed E-state index contributed by atoms with van der Waals surface area (Å²) in [6.45, 7) is 7.71. The van der Waals surface area contributed by atoms with Gasteiger partial charge in [-0.05, 0) is 93.4 Å². The highest BCUT2D eigenvalue weighted by atomic mass is 16.6. The summed E-state index contributed by atoms with van der Waals surface area (Å²) in [5, 5.41) is 39.6. The van der Waals surface area contributed by atoms with Crippen LogP contribution in [0.25, 0.3) is 0 Å². The molecule has 1 saturated heterocycles. The van der Waals surface area contributed by atoms with Crippen molar-refractivity contribution >= 4 is 35.6 Å². The van der Waals surface area contributed by atoms with Crippen LogP contribution >= 0.6 is 0 Å². The van der Waals surface area contributed by atoms with Crippen molar-refractivity contribution in [2.24, 2.45) is 39.9 Å². The summed E-state index contributed by atoms with van der Waals surface area (Å²) in [4.78, 5) is 83.0. The molecule has 0 aromatic heterocycles. The van der Waals surface area contributed by atoms with Crippen molar-refractivity contribution in [2.75, 3.05) is 13.2 Å². The van der Waals surface area contributed by atoms with Gasteiger partial charge < -0.3 is 44.3 Å². The zero-order valence-corrected chi connectivity index (χ0v) is 35.1. The van der Waals surface area contributed by atoms with Crippen LogP contribution in [0.4, 0.5) is 0 Å². The van der Waals surface area contributed by atoms with Crippen LogP contribution in [0, 0.1) is 39.9 Å². The van der Waals surface area contributed by atoms with Crippen molar-refractivity contribution in [3.63, 3.8) is 0 Å². The fraction of sp³-hybridized carbons (Fsp3) is 0.689. The van der Waals surface area contributed by atoms with E-state index in [-0.39, 0.29) is 35.6 Å². The lowest BCUT2D eigenvalue weighted by Crippen LogP contribution is -2.82. The first kappa shape index (κ1) is 42.5. The molecule has 60 heavy (non-hydrogen) atoms. The molecule has 9 rings (SSSR count). The number of aliphatic hydroxyl groups is 3. The number of ketones is 1. The number of Topliss-reactive ketones (excluding diaryl/α,β-unsaturated/α-hetero) is 1. The quantitative estimate of drug-likeness (QED) is 0.160. The monoisotopic (exact) mass is 835 g/mol. The first-order valence-electron chi connectivity index (χ1n) is 21.2. The number of carbonyl (C=O) groups excluding carboxylic acids is 6. The molecule has 1 unspecified atom stereocenters. The molecular formula is C45H57NO14. The Morgan fingerprint density at radius 2 is 1.50 bits per heavy atom. The standard InChI is InChI=1S/C45H57NO14/c1-22-30(58-39(53)29(49)20-46-40(54)43-16-25-12-26(17-43)14-27(13-25)18-43)19-45(55)37(59-38(52)28-10-8-7-9-11-28)35-42(6,31(50)15-32-44(35,21-56-32)60-24(3)48)36(51)34(57-23(2)47)33(22)41(45,4)5/h7-11,25-27,29-32,34-35,37,49-50,55H,12-21H2,1-6H3,(H,46,54)/t25?,26?,27?,29-,30+,31+,32-,34-,35?,37+,42-,43?,44+,45-/m1/s1. The van der Waals surface area contributed by atoms with E-state index in [0.29, 0.717) is 17.8 Å². The van der Waals surface area contributed by atoms with Crippen LogP contribution in [0.1, 0.15) is 103 Å². The summed E-state index contributed by atoms with van der Waals surface area (Å²) in [5.74, 6) is -4.68. The van der Waals surface area contributed by atoms with Crippen LogP contribution in [0.3, 0.4) is 0 Å². The number of hydrogen-bond donors (Lipinski definition) is 4. The maximum absolute atomic E-state index is 15.4. The number of rotatable bonds is 9. The van der Waals surface area contributed by atoms with E-state index in [9.17, 15) is 39.3 Å². The van der Waals surface area contributed by atoms with E-state index < -0.39 is 113 Å². The smallest absolute Gasteiger partial charge is 0.338 e. The number of benzene rings is 1. The summed E-state index contributed by atoms with van der Waals surface area (Å²) >= 11 is 0. The van der Waals surface area contributed by atoms with Gasteiger partial charge in [0.1, 0.15) is 23.9 Å². The van der Waals surface area contributed by atoms with Crippen molar-refractivity contribution in [1.82, 2.24) is 5.32 Å². The molecule has 8 aliphatic rings. The number of fused-ring (bicyclic) bond motifs is 5. The molecule has 1 aromatic carbocycles. The van der Waals surface area contributed by atoms with Gasteiger partial charge in [-0.3, -0.25) is 19.2 Å². The van der Waals surface area contributed by atoms with Crippen LogP contribution in [-0.2, 0) is 47.7 Å². The SMILES string of the molecule is CC(=O)O[C@H]1C(=O)[C@@]2(C)C([C@H](OC(=O)c3ccccc3)[C@]3(O)C[C@H](OC(=O)[C@H](O)CNC(=O)C45CC6CC(CC(C6)C4)C5)C(C)=C1C3(C)C)[C@]1(OC(C)=O)CO[C@@H]1C[C@@H]2O. The van der Waals surface area contributed by atoms with Crippen LogP contribution < -0.4 is 5.32 Å². The zero-order valence-electron chi connectivity index (χ0n) is 35.1. The Balaban J connectivity index is 1.19. The molecule has 15 heteroatoms. The molecule has 0 spiro atoms. The first-order chi connectivity index (χ1) is 28.2. The molecule has 0 radical (unpaired) electrons. The molecule has 6 saturated carbocycles. The van der Waals surface area contributed by atoms with Crippen molar-refractivity contribution in [3.8, 4) is 0 Å². The first-order valence-corrected chi connectivity index (χ1v) is 21.2. The predicted octanol–water partition coefficient (Wildman–Crippen LogP) is 2.90. The van der Waals surface area contributed by atoms with E-state index in [1.54, 1.807) is 39.0 Å². The van der Waals surface area contributed by atoms with E-state index in [1.807, 2.05) is 0 Å². The van der Waals surface area contributed by atoms with Gasteiger partial charge in [0.05, 0.1) is 36.2 Å². The summed E-state index contributed by atoms with van der Waals surface area (Å²) in [6, 6.07) is 7.92. The summed E-state index contributed by atoms with van der Waals surface area (Å²) < 4.78 is 30.1. The Hall–Kier alpha value is -4.18. The van der Waals surface area contributed by atoms with Crippen LogP contribution in [0.2, 0.25) is 0 Å². The van der Waals surface area contributed by atoms with Gasteiger partial charge in [0.15, 0.2) is 23.6 Å². The molecular weight excluding hydrogens is 778 g/mol. The van der Waals surface area contributed by atoms with Crippen molar-refractivity contribution in [1.29, 1.82) is 0 Å². The second-order valence-electron chi connectivity index (χ2n) is 19.6. The van der Waals surface area contributed by atoms with Gasteiger partial charge in [0, 0.05) is 37.5 Å². The van der Waals surface area contributed by atoms with E-state index in [0.717, 1.165) is 45.4 Å². The van der Waals surface area contributed by atoms with Gasteiger partial charge in [-0.1, -0.05) is 32.0 Å².